The first-order valence-electron chi connectivity index (χ1n) is 9.46. The molecule has 1 atom stereocenters. The Hall–Kier alpha value is -2.89. The molecule has 1 saturated heterocycles. The summed E-state index contributed by atoms with van der Waals surface area (Å²) in [7, 11) is 0. The van der Waals surface area contributed by atoms with Crippen molar-refractivity contribution >= 4 is 11.8 Å². The Bertz CT molecular complexity index is 820. The van der Waals surface area contributed by atoms with E-state index in [4.69, 9.17) is 4.74 Å². The van der Waals surface area contributed by atoms with Crippen LogP contribution in [0.2, 0.25) is 0 Å². The Balaban J connectivity index is 1.59. The fourth-order valence-corrected chi connectivity index (χ4v) is 3.48. The predicted octanol–water partition coefficient (Wildman–Crippen LogP) is 2.72. The average molecular weight is 365 g/mol. The summed E-state index contributed by atoms with van der Waals surface area (Å²) in [5.74, 6) is 0.343. The summed E-state index contributed by atoms with van der Waals surface area (Å²) in [4.78, 5) is 31.4. The second-order valence-corrected chi connectivity index (χ2v) is 7.03. The highest BCUT2D eigenvalue weighted by molar-refractivity contribution is 5.95. The van der Waals surface area contributed by atoms with Gasteiger partial charge < -0.3 is 15.0 Å². The van der Waals surface area contributed by atoms with E-state index in [1.807, 2.05) is 30.3 Å². The lowest BCUT2D eigenvalue weighted by molar-refractivity contribution is -0.121. The van der Waals surface area contributed by atoms with Crippen molar-refractivity contribution in [2.45, 2.75) is 37.8 Å². The summed E-state index contributed by atoms with van der Waals surface area (Å²) in [5.41, 5.74) is 1.50. The van der Waals surface area contributed by atoms with Crippen LogP contribution in [0, 0.1) is 0 Å². The molecule has 2 heterocycles. The minimum Gasteiger partial charge on any atom is -0.474 e. The summed E-state index contributed by atoms with van der Waals surface area (Å²) in [5, 5.41) is 2.86. The van der Waals surface area contributed by atoms with E-state index in [1.54, 1.807) is 23.2 Å². The summed E-state index contributed by atoms with van der Waals surface area (Å²) in [6.07, 6.45) is 5.33. The maximum Gasteiger partial charge on any atom is 0.254 e. The van der Waals surface area contributed by atoms with Gasteiger partial charge in [0.05, 0.1) is 12.5 Å². The molecule has 1 aromatic heterocycles. The van der Waals surface area contributed by atoms with Crippen LogP contribution >= 0.6 is 0 Å². The van der Waals surface area contributed by atoms with Crippen molar-refractivity contribution in [2.75, 3.05) is 13.1 Å². The molecule has 140 valence electrons. The van der Waals surface area contributed by atoms with Crippen molar-refractivity contribution in [3.63, 3.8) is 0 Å². The lowest BCUT2D eigenvalue weighted by Gasteiger charge is -2.30. The molecule has 0 bridgehead atoms. The minimum absolute atomic E-state index is 0.0390. The van der Waals surface area contributed by atoms with E-state index in [1.165, 1.54) is 6.42 Å². The third-order valence-electron chi connectivity index (χ3n) is 5.20. The SMILES string of the molecule is O=C1CC(c2ccccc2)N(C(=O)c2ccnc(OC3CCC3)c2)CCN1. The zero-order chi connectivity index (χ0) is 18.6. The molecule has 1 unspecified atom stereocenters. The first-order valence-corrected chi connectivity index (χ1v) is 9.46. The van der Waals surface area contributed by atoms with Crippen LogP contribution in [0.4, 0.5) is 0 Å². The molecule has 27 heavy (non-hydrogen) atoms. The zero-order valence-corrected chi connectivity index (χ0v) is 15.1. The topological polar surface area (TPSA) is 71.5 Å². The molecule has 1 aliphatic carbocycles. The number of pyridine rings is 1. The van der Waals surface area contributed by atoms with Gasteiger partial charge in [-0.15, -0.1) is 0 Å². The van der Waals surface area contributed by atoms with E-state index in [2.05, 4.69) is 10.3 Å². The van der Waals surface area contributed by atoms with E-state index in [0.717, 1.165) is 18.4 Å². The number of rotatable bonds is 4. The van der Waals surface area contributed by atoms with Crippen molar-refractivity contribution in [3.05, 3.63) is 59.8 Å². The maximum atomic E-state index is 13.3. The number of carbonyl (C=O) groups excluding carboxylic acids is 2. The van der Waals surface area contributed by atoms with Crippen LogP contribution in [0.3, 0.4) is 0 Å². The van der Waals surface area contributed by atoms with E-state index >= 15 is 0 Å². The summed E-state index contributed by atoms with van der Waals surface area (Å²) in [6, 6.07) is 12.8. The lowest BCUT2D eigenvalue weighted by Crippen LogP contribution is -2.36. The number of hydrogen-bond acceptors (Lipinski definition) is 4. The zero-order valence-electron chi connectivity index (χ0n) is 15.1. The minimum atomic E-state index is -0.287. The number of amides is 2. The van der Waals surface area contributed by atoms with Gasteiger partial charge in [0.25, 0.3) is 5.91 Å². The molecule has 1 aromatic carbocycles. The number of ether oxygens (including phenoxy) is 1. The van der Waals surface area contributed by atoms with E-state index in [9.17, 15) is 9.59 Å². The number of carbonyl (C=O) groups is 2. The van der Waals surface area contributed by atoms with Crippen molar-refractivity contribution in [1.82, 2.24) is 15.2 Å². The molecule has 1 N–H and O–H groups in total. The Morgan fingerprint density at radius 3 is 2.74 bits per heavy atom. The third kappa shape index (κ3) is 3.94. The number of hydrogen-bond donors (Lipinski definition) is 1. The molecule has 1 aliphatic heterocycles. The van der Waals surface area contributed by atoms with Gasteiger partial charge in [0.15, 0.2) is 0 Å². The molecule has 2 amide bonds. The highest BCUT2D eigenvalue weighted by atomic mass is 16.5. The van der Waals surface area contributed by atoms with Crippen molar-refractivity contribution in [1.29, 1.82) is 0 Å². The van der Waals surface area contributed by atoms with Crippen LogP contribution in [0.1, 0.15) is 47.6 Å². The molecule has 1 saturated carbocycles. The average Bonchev–Trinajstić information content (AvgIpc) is 2.87. The number of aromatic nitrogens is 1. The fraction of sp³-hybridized carbons (Fsp3) is 0.381. The van der Waals surface area contributed by atoms with Crippen LogP contribution < -0.4 is 10.1 Å². The Kier molecular flexibility index (Phi) is 5.05. The van der Waals surface area contributed by atoms with E-state index < -0.39 is 0 Å². The molecule has 0 spiro atoms. The summed E-state index contributed by atoms with van der Waals surface area (Å²) < 4.78 is 5.83. The predicted molar refractivity (Wildman–Crippen MR) is 100 cm³/mol. The smallest absolute Gasteiger partial charge is 0.254 e. The summed E-state index contributed by atoms with van der Waals surface area (Å²) >= 11 is 0. The van der Waals surface area contributed by atoms with Crippen molar-refractivity contribution in [2.24, 2.45) is 0 Å². The van der Waals surface area contributed by atoms with Gasteiger partial charge in [0, 0.05) is 30.9 Å². The van der Waals surface area contributed by atoms with Crippen LogP contribution in [-0.2, 0) is 4.79 Å². The molecular weight excluding hydrogens is 342 g/mol. The van der Waals surface area contributed by atoms with Gasteiger partial charge in [0.2, 0.25) is 11.8 Å². The maximum absolute atomic E-state index is 13.3. The van der Waals surface area contributed by atoms with Crippen molar-refractivity contribution in [3.8, 4) is 5.88 Å². The molecule has 6 heteroatoms. The highest BCUT2D eigenvalue weighted by Gasteiger charge is 2.30. The molecular formula is C21H23N3O3. The van der Waals surface area contributed by atoms with E-state index in [-0.39, 0.29) is 30.4 Å². The lowest BCUT2D eigenvalue weighted by atomic mass is 9.96. The third-order valence-corrected chi connectivity index (χ3v) is 5.20. The molecule has 2 aromatic rings. The van der Waals surface area contributed by atoms with Gasteiger partial charge in [-0.2, -0.15) is 0 Å². The van der Waals surface area contributed by atoms with Crippen LogP contribution in [0.25, 0.3) is 0 Å². The Labute approximate surface area is 158 Å². The molecule has 2 fully saturated rings. The van der Waals surface area contributed by atoms with E-state index in [0.29, 0.717) is 24.5 Å². The number of nitrogens with zero attached hydrogens (tertiary/aromatic N) is 2. The fourth-order valence-electron chi connectivity index (χ4n) is 3.48. The quantitative estimate of drug-likeness (QED) is 0.904. The molecule has 6 nitrogen and oxygen atoms in total. The van der Waals surface area contributed by atoms with Crippen molar-refractivity contribution < 1.29 is 14.3 Å². The second-order valence-electron chi connectivity index (χ2n) is 7.03. The Morgan fingerprint density at radius 2 is 2.00 bits per heavy atom. The molecule has 4 rings (SSSR count). The van der Waals surface area contributed by atoms with Gasteiger partial charge in [-0.1, -0.05) is 30.3 Å². The van der Waals surface area contributed by atoms with Crippen LogP contribution in [0.5, 0.6) is 5.88 Å². The molecule has 0 radical (unpaired) electrons. The van der Waals surface area contributed by atoms with Crippen LogP contribution in [-0.4, -0.2) is 40.9 Å². The van der Waals surface area contributed by atoms with Gasteiger partial charge in [-0.3, -0.25) is 9.59 Å². The first kappa shape index (κ1) is 17.5. The van der Waals surface area contributed by atoms with Gasteiger partial charge >= 0.3 is 0 Å². The summed E-state index contributed by atoms with van der Waals surface area (Å²) in [6.45, 7) is 0.912. The first-order chi connectivity index (χ1) is 13.2. The largest absolute Gasteiger partial charge is 0.474 e. The van der Waals surface area contributed by atoms with Gasteiger partial charge in [-0.25, -0.2) is 4.98 Å². The monoisotopic (exact) mass is 365 g/mol. The van der Waals surface area contributed by atoms with Gasteiger partial charge in [-0.05, 0) is 30.9 Å². The van der Waals surface area contributed by atoms with Crippen LogP contribution in [0.15, 0.2) is 48.7 Å². The second kappa shape index (κ2) is 7.78. The van der Waals surface area contributed by atoms with Gasteiger partial charge in [0.1, 0.15) is 6.10 Å². The number of benzene rings is 1. The Morgan fingerprint density at radius 1 is 1.19 bits per heavy atom. The standard InChI is InChI=1S/C21H23N3O3/c25-19-14-18(15-5-2-1-3-6-15)24(12-11-22-19)21(26)16-9-10-23-20(13-16)27-17-7-4-8-17/h1-3,5-6,9-10,13,17-18H,4,7-8,11-12,14H2,(H,22,25). The number of nitrogens with one attached hydrogen (secondary N) is 1. The molecule has 2 aliphatic rings. The highest BCUT2D eigenvalue weighted by Crippen LogP contribution is 2.28. The normalized spacial score (nSPS) is 20.4.